The molecule has 21 heavy (non-hydrogen) atoms. The molecule has 114 valence electrons. The largest absolute Gasteiger partial charge is 0.476 e. The summed E-state index contributed by atoms with van der Waals surface area (Å²) in [5.41, 5.74) is 2.30. The highest BCUT2D eigenvalue weighted by Gasteiger charge is 2.11. The van der Waals surface area contributed by atoms with Gasteiger partial charge in [-0.05, 0) is 52.6 Å². The second-order valence-corrected chi connectivity index (χ2v) is 5.93. The van der Waals surface area contributed by atoms with Crippen LogP contribution in [0.2, 0.25) is 0 Å². The minimum atomic E-state index is 0.390. The molecule has 4 heteroatoms. The molecular formula is C17H25N3O. The molecule has 1 aromatic heterocycles. The highest BCUT2D eigenvalue weighted by molar-refractivity contribution is 5.99. The lowest BCUT2D eigenvalue weighted by molar-refractivity contribution is 0.256. The summed E-state index contributed by atoms with van der Waals surface area (Å²) in [7, 11) is 4.07. The van der Waals surface area contributed by atoms with Gasteiger partial charge in [0.1, 0.15) is 6.61 Å². The molecule has 0 aliphatic rings. The molecule has 1 N–H and O–H groups in total. The van der Waals surface area contributed by atoms with E-state index in [4.69, 9.17) is 4.74 Å². The fourth-order valence-corrected chi connectivity index (χ4v) is 2.32. The number of anilines is 1. The average molecular weight is 287 g/mol. The Morgan fingerprint density at radius 1 is 1.29 bits per heavy atom. The number of aromatic nitrogens is 1. The molecule has 0 bridgehead atoms. The van der Waals surface area contributed by atoms with E-state index in [2.05, 4.69) is 48.1 Å². The van der Waals surface area contributed by atoms with Crippen LogP contribution in [0.25, 0.3) is 10.8 Å². The number of likely N-dealkylation sites (N-methyl/N-ethyl adjacent to an activating group) is 1. The molecule has 0 radical (unpaired) electrons. The molecule has 0 amide bonds. The first-order chi connectivity index (χ1) is 9.99. The minimum Gasteiger partial charge on any atom is -0.476 e. The minimum absolute atomic E-state index is 0.390. The number of hydrogen-bond acceptors (Lipinski definition) is 4. The highest BCUT2D eigenvalue weighted by Crippen LogP contribution is 2.32. The summed E-state index contributed by atoms with van der Waals surface area (Å²) >= 11 is 0. The molecule has 0 aliphatic carbocycles. The van der Waals surface area contributed by atoms with Crippen LogP contribution in [0.5, 0.6) is 5.88 Å². The Labute approximate surface area is 127 Å². The van der Waals surface area contributed by atoms with Crippen molar-refractivity contribution in [3.05, 3.63) is 30.0 Å². The number of aryl methyl sites for hydroxylation is 1. The van der Waals surface area contributed by atoms with Crippen LogP contribution in [-0.2, 0) is 0 Å². The van der Waals surface area contributed by atoms with Crippen LogP contribution in [-0.4, -0.2) is 43.2 Å². The molecule has 1 heterocycles. The van der Waals surface area contributed by atoms with E-state index in [1.807, 2.05) is 26.4 Å². The van der Waals surface area contributed by atoms with Crippen LogP contribution in [0.1, 0.15) is 19.4 Å². The van der Waals surface area contributed by atoms with Gasteiger partial charge in [-0.15, -0.1) is 0 Å². The van der Waals surface area contributed by atoms with E-state index in [1.54, 1.807) is 0 Å². The second-order valence-electron chi connectivity index (χ2n) is 5.93. The summed E-state index contributed by atoms with van der Waals surface area (Å²) in [5, 5.41) is 5.76. The number of rotatable bonds is 6. The lowest BCUT2D eigenvalue weighted by Crippen LogP contribution is -2.19. The number of benzene rings is 1. The lowest BCUT2D eigenvalue weighted by atomic mass is 10.1. The van der Waals surface area contributed by atoms with Crippen molar-refractivity contribution >= 4 is 16.5 Å². The Morgan fingerprint density at radius 2 is 2.05 bits per heavy atom. The van der Waals surface area contributed by atoms with Gasteiger partial charge >= 0.3 is 0 Å². The summed E-state index contributed by atoms with van der Waals surface area (Å²) in [4.78, 5) is 6.55. The Morgan fingerprint density at radius 3 is 2.71 bits per heavy atom. The van der Waals surface area contributed by atoms with Gasteiger partial charge in [-0.2, -0.15) is 0 Å². The van der Waals surface area contributed by atoms with Crippen molar-refractivity contribution in [1.82, 2.24) is 9.88 Å². The summed E-state index contributed by atoms with van der Waals surface area (Å²) in [6.07, 6.45) is 1.89. The zero-order valence-electron chi connectivity index (χ0n) is 13.6. The van der Waals surface area contributed by atoms with E-state index in [0.717, 1.165) is 23.2 Å². The van der Waals surface area contributed by atoms with E-state index in [9.17, 15) is 0 Å². The predicted octanol–water partition coefficient (Wildman–Crippen LogP) is 3.30. The maximum Gasteiger partial charge on any atom is 0.221 e. The first-order valence-corrected chi connectivity index (χ1v) is 7.41. The first kappa shape index (κ1) is 15.6. The smallest absolute Gasteiger partial charge is 0.221 e. The van der Waals surface area contributed by atoms with Crippen molar-refractivity contribution in [3.63, 3.8) is 0 Å². The molecule has 0 unspecified atom stereocenters. The van der Waals surface area contributed by atoms with Gasteiger partial charge in [0, 0.05) is 35.2 Å². The zero-order valence-corrected chi connectivity index (χ0v) is 13.6. The summed E-state index contributed by atoms with van der Waals surface area (Å²) < 4.78 is 5.86. The third-order valence-corrected chi connectivity index (χ3v) is 3.29. The lowest BCUT2D eigenvalue weighted by Gasteiger charge is -2.17. The molecule has 2 rings (SSSR count). The Balaban J connectivity index is 2.38. The molecule has 0 aliphatic heterocycles. The third-order valence-electron chi connectivity index (χ3n) is 3.29. The van der Waals surface area contributed by atoms with Crippen LogP contribution in [0.3, 0.4) is 0 Å². The molecule has 0 spiro atoms. The van der Waals surface area contributed by atoms with Crippen LogP contribution in [0.15, 0.2) is 24.4 Å². The molecule has 0 saturated carbocycles. The van der Waals surface area contributed by atoms with Gasteiger partial charge in [0.2, 0.25) is 5.88 Å². The van der Waals surface area contributed by atoms with E-state index in [0.29, 0.717) is 18.5 Å². The number of ether oxygens (including phenoxy) is 1. The predicted molar refractivity (Wildman–Crippen MR) is 89.3 cm³/mol. The fraction of sp³-hybridized carbons (Fsp3) is 0.471. The summed E-state index contributed by atoms with van der Waals surface area (Å²) in [5.74, 6) is 0.713. The van der Waals surface area contributed by atoms with Gasteiger partial charge in [-0.3, -0.25) is 0 Å². The van der Waals surface area contributed by atoms with Gasteiger partial charge in [0.25, 0.3) is 0 Å². The number of fused-ring (bicyclic) bond motifs is 1. The monoisotopic (exact) mass is 287 g/mol. The topological polar surface area (TPSA) is 37.4 Å². The van der Waals surface area contributed by atoms with Crippen molar-refractivity contribution in [2.45, 2.75) is 26.8 Å². The molecule has 0 saturated heterocycles. The van der Waals surface area contributed by atoms with Crippen molar-refractivity contribution in [1.29, 1.82) is 0 Å². The molecule has 0 fully saturated rings. The van der Waals surface area contributed by atoms with Crippen molar-refractivity contribution in [2.75, 3.05) is 32.6 Å². The standard InChI is InChI=1S/C17H25N3O/c1-12(2)19-15-8-6-7-14-16(15)13(3)11-18-17(14)21-10-9-20(4)5/h6-8,11-12,19H,9-10H2,1-5H3. The van der Waals surface area contributed by atoms with Gasteiger partial charge in [-0.25, -0.2) is 4.98 Å². The van der Waals surface area contributed by atoms with E-state index in [-0.39, 0.29) is 0 Å². The van der Waals surface area contributed by atoms with Crippen LogP contribution < -0.4 is 10.1 Å². The number of nitrogens with zero attached hydrogens (tertiary/aromatic N) is 2. The number of hydrogen-bond donors (Lipinski definition) is 1. The van der Waals surface area contributed by atoms with Gasteiger partial charge in [0.05, 0.1) is 0 Å². The highest BCUT2D eigenvalue weighted by atomic mass is 16.5. The molecule has 4 nitrogen and oxygen atoms in total. The Kier molecular flexibility index (Phi) is 5.02. The van der Waals surface area contributed by atoms with E-state index >= 15 is 0 Å². The summed E-state index contributed by atoms with van der Waals surface area (Å²) in [6.45, 7) is 7.89. The quantitative estimate of drug-likeness (QED) is 0.884. The molecule has 1 aromatic carbocycles. The zero-order chi connectivity index (χ0) is 15.4. The van der Waals surface area contributed by atoms with E-state index < -0.39 is 0 Å². The summed E-state index contributed by atoms with van der Waals surface area (Å²) in [6, 6.07) is 6.62. The third kappa shape index (κ3) is 3.85. The fourth-order valence-electron chi connectivity index (χ4n) is 2.32. The van der Waals surface area contributed by atoms with Crippen LogP contribution in [0.4, 0.5) is 5.69 Å². The molecule has 0 atom stereocenters. The number of pyridine rings is 1. The normalized spacial score (nSPS) is 11.4. The maximum atomic E-state index is 5.86. The van der Waals surface area contributed by atoms with Gasteiger partial charge in [0.15, 0.2) is 0 Å². The van der Waals surface area contributed by atoms with Crippen molar-refractivity contribution in [2.24, 2.45) is 0 Å². The van der Waals surface area contributed by atoms with Crippen LogP contribution in [0, 0.1) is 6.92 Å². The van der Waals surface area contributed by atoms with Gasteiger partial charge < -0.3 is 15.0 Å². The van der Waals surface area contributed by atoms with Crippen molar-refractivity contribution in [3.8, 4) is 5.88 Å². The molecular weight excluding hydrogens is 262 g/mol. The van der Waals surface area contributed by atoms with Crippen LogP contribution >= 0.6 is 0 Å². The average Bonchev–Trinajstić information content (AvgIpc) is 2.40. The van der Waals surface area contributed by atoms with Gasteiger partial charge in [-0.1, -0.05) is 6.07 Å². The Bertz CT molecular complexity index is 608. The van der Waals surface area contributed by atoms with E-state index in [1.165, 1.54) is 5.39 Å². The Hall–Kier alpha value is -1.81. The van der Waals surface area contributed by atoms with Crippen molar-refractivity contribution < 1.29 is 4.74 Å². The number of nitrogens with one attached hydrogen (secondary N) is 1. The molecule has 2 aromatic rings. The second kappa shape index (κ2) is 6.76. The maximum absolute atomic E-state index is 5.86. The SMILES string of the molecule is Cc1cnc(OCCN(C)C)c2cccc(NC(C)C)c12. The first-order valence-electron chi connectivity index (χ1n) is 7.41.